The van der Waals surface area contributed by atoms with Crippen LogP contribution in [0.15, 0.2) is 0 Å². The number of sulfonamides is 1. The van der Waals surface area contributed by atoms with Crippen molar-refractivity contribution in [1.29, 1.82) is 0 Å². The van der Waals surface area contributed by atoms with Gasteiger partial charge in [0.05, 0.1) is 5.75 Å². The fraction of sp³-hybridized carbons (Fsp3) is 1.00. The largest absolute Gasteiger partial charge is 0.214 e. The van der Waals surface area contributed by atoms with Crippen LogP contribution in [0.2, 0.25) is 0 Å². The van der Waals surface area contributed by atoms with Gasteiger partial charge in [-0.15, -0.1) is 0 Å². The number of rotatable bonds is 3. The van der Waals surface area contributed by atoms with Crippen LogP contribution < -0.4 is 0 Å². The summed E-state index contributed by atoms with van der Waals surface area (Å²) in [6.45, 7) is 1.39. The quantitative estimate of drug-likeness (QED) is 0.711. The third kappa shape index (κ3) is 2.71. The van der Waals surface area contributed by atoms with Gasteiger partial charge in [-0.05, 0) is 19.3 Å². The second-order valence-corrected chi connectivity index (χ2v) is 5.85. The highest BCUT2D eigenvalue weighted by atomic mass is 79.9. The lowest BCUT2D eigenvalue weighted by Gasteiger charge is -2.25. The minimum Gasteiger partial charge on any atom is -0.212 e. The Labute approximate surface area is 82.3 Å². The molecule has 0 unspecified atom stereocenters. The van der Waals surface area contributed by atoms with Crippen molar-refractivity contribution < 1.29 is 8.42 Å². The number of halogens is 1. The van der Waals surface area contributed by atoms with E-state index in [0.717, 1.165) is 31.1 Å². The third-order valence-corrected chi connectivity index (χ3v) is 4.51. The van der Waals surface area contributed by atoms with Crippen LogP contribution in [0.3, 0.4) is 0 Å². The lowest BCUT2D eigenvalue weighted by atomic mass is 10.3. The summed E-state index contributed by atoms with van der Waals surface area (Å²) in [5.74, 6) is 0.343. The van der Waals surface area contributed by atoms with Crippen molar-refractivity contribution in [2.24, 2.45) is 0 Å². The lowest BCUT2D eigenvalue weighted by Crippen LogP contribution is -2.38. The smallest absolute Gasteiger partial charge is 0.212 e. The van der Waals surface area contributed by atoms with Gasteiger partial charge in [0.25, 0.3) is 0 Å². The Balaban J connectivity index is 2.49. The normalized spacial score (nSPS) is 24.1. The first-order chi connectivity index (χ1) is 5.67. The van der Waals surface area contributed by atoms with Gasteiger partial charge in [-0.1, -0.05) is 15.9 Å². The van der Waals surface area contributed by atoms with Gasteiger partial charge < -0.3 is 0 Å². The van der Waals surface area contributed by atoms with Crippen molar-refractivity contribution >= 4 is 26.0 Å². The van der Waals surface area contributed by atoms with E-state index < -0.39 is 10.0 Å². The molecule has 0 spiro atoms. The maximum absolute atomic E-state index is 11.4. The van der Waals surface area contributed by atoms with Crippen molar-refractivity contribution in [3.8, 4) is 0 Å². The fourth-order valence-electron chi connectivity index (χ4n) is 1.33. The van der Waals surface area contributed by atoms with Gasteiger partial charge in [-0.3, -0.25) is 0 Å². The Hall–Kier alpha value is 0.390. The second-order valence-electron chi connectivity index (χ2n) is 2.96. The fourth-order valence-corrected chi connectivity index (χ4v) is 3.22. The van der Waals surface area contributed by atoms with Crippen LogP contribution >= 0.6 is 15.9 Å². The molecule has 0 aliphatic carbocycles. The second kappa shape index (κ2) is 4.58. The van der Waals surface area contributed by atoms with Gasteiger partial charge in [0, 0.05) is 18.4 Å². The van der Waals surface area contributed by atoms with E-state index in [1.165, 1.54) is 0 Å². The van der Waals surface area contributed by atoms with Crippen molar-refractivity contribution in [1.82, 2.24) is 4.31 Å². The maximum Gasteiger partial charge on any atom is 0.214 e. The zero-order chi connectivity index (χ0) is 9.03. The van der Waals surface area contributed by atoms with E-state index in [2.05, 4.69) is 15.9 Å². The molecule has 0 amide bonds. The Bertz CT molecular complexity index is 228. The summed E-state index contributed by atoms with van der Waals surface area (Å²) in [5, 5.41) is 0.874. The molecule has 0 aromatic carbocycles. The molecule has 72 valence electrons. The maximum atomic E-state index is 11.4. The highest BCUT2D eigenvalue weighted by Gasteiger charge is 2.24. The molecule has 1 aliphatic rings. The summed E-state index contributed by atoms with van der Waals surface area (Å²) in [7, 11) is -2.88. The van der Waals surface area contributed by atoms with Gasteiger partial charge in [-0.2, -0.15) is 0 Å². The minimum absolute atomic E-state index is 0.343. The zero-order valence-corrected chi connectivity index (χ0v) is 9.40. The number of alkyl halides is 1. The van der Waals surface area contributed by atoms with E-state index in [9.17, 15) is 8.42 Å². The molecule has 1 rings (SSSR count). The van der Waals surface area contributed by atoms with Gasteiger partial charge in [0.2, 0.25) is 10.0 Å². The number of hydrogen-bond donors (Lipinski definition) is 0. The first kappa shape index (κ1) is 10.5. The lowest BCUT2D eigenvalue weighted by molar-refractivity contribution is 0.384. The summed E-state index contributed by atoms with van der Waals surface area (Å²) in [4.78, 5) is 0. The molecule has 1 saturated heterocycles. The van der Waals surface area contributed by atoms with E-state index in [4.69, 9.17) is 0 Å². The highest BCUT2D eigenvalue weighted by molar-refractivity contribution is 9.09. The van der Waals surface area contributed by atoms with Crippen LogP contribution in [0.4, 0.5) is 0 Å². The first-order valence-corrected chi connectivity index (χ1v) is 6.93. The Kier molecular flexibility index (Phi) is 3.99. The number of hydrogen-bond acceptors (Lipinski definition) is 2. The van der Waals surface area contributed by atoms with Crippen molar-refractivity contribution in [3.63, 3.8) is 0 Å². The molecule has 1 aliphatic heterocycles. The van der Waals surface area contributed by atoms with Gasteiger partial charge >= 0.3 is 0 Å². The molecule has 1 heterocycles. The molecule has 0 atom stereocenters. The molecule has 5 heteroatoms. The summed E-state index contributed by atoms with van der Waals surface area (Å²) >= 11 is 3.29. The van der Waals surface area contributed by atoms with E-state index in [1.807, 2.05) is 0 Å². The molecular formula is C7H14BrNO2S. The molecule has 0 aromatic heterocycles. The van der Waals surface area contributed by atoms with E-state index >= 15 is 0 Å². The van der Waals surface area contributed by atoms with Crippen LogP contribution in [0.5, 0.6) is 0 Å². The van der Waals surface area contributed by atoms with E-state index in [-0.39, 0.29) is 0 Å². The minimum atomic E-state index is -2.88. The summed E-state index contributed by atoms with van der Waals surface area (Å²) in [6, 6.07) is 0. The van der Waals surface area contributed by atoms with Crippen molar-refractivity contribution in [2.45, 2.75) is 19.3 Å². The SMILES string of the molecule is O=S1(=O)CCCCN1CCCBr. The van der Waals surface area contributed by atoms with Crippen molar-refractivity contribution in [2.75, 3.05) is 24.2 Å². The Morgan fingerprint density at radius 2 is 2.08 bits per heavy atom. The highest BCUT2D eigenvalue weighted by Crippen LogP contribution is 2.13. The molecular weight excluding hydrogens is 242 g/mol. The van der Waals surface area contributed by atoms with Gasteiger partial charge in [0.15, 0.2) is 0 Å². The van der Waals surface area contributed by atoms with Crippen molar-refractivity contribution in [3.05, 3.63) is 0 Å². The average Bonchev–Trinajstić information content (AvgIpc) is 2.02. The van der Waals surface area contributed by atoms with Crippen LogP contribution in [-0.2, 0) is 10.0 Å². The van der Waals surface area contributed by atoms with Crippen LogP contribution in [-0.4, -0.2) is 36.9 Å². The molecule has 0 aromatic rings. The standard InChI is InChI=1S/C7H14BrNO2S/c8-4-3-6-9-5-1-2-7-12(9,10)11/h1-7H2. The molecule has 0 saturated carbocycles. The average molecular weight is 256 g/mol. The zero-order valence-electron chi connectivity index (χ0n) is 7.00. The summed E-state index contributed by atoms with van der Waals surface area (Å²) < 4.78 is 24.4. The van der Waals surface area contributed by atoms with E-state index in [1.54, 1.807) is 4.31 Å². The predicted molar refractivity (Wildman–Crippen MR) is 53.0 cm³/mol. The topological polar surface area (TPSA) is 37.4 Å². The Morgan fingerprint density at radius 1 is 1.33 bits per heavy atom. The predicted octanol–water partition coefficient (Wildman–Crippen LogP) is 1.20. The summed E-state index contributed by atoms with van der Waals surface area (Å²) in [5.41, 5.74) is 0. The molecule has 1 fully saturated rings. The Morgan fingerprint density at radius 3 is 2.67 bits per heavy atom. The molecule has 0 bridgehead atoms. The summed E-state index contributed by atoms with van der Waals surface area (Å²) in [6.07, 6.45) is 2.74. The number of nitrogens with zero attached hydrogens (tertiary/aromatic N) is 1. The molecule has 0 radical (unpaired) electrons. The van der Waals surface area contributed by atoms with Crippen LogP contribution in [0.25, 0.3) is 0 Å². The van der Waals surface area contributed by atoms with Gasteiger partial charge in [0.1, 0.15) is 0 Å². The van der Waals surface area contributed by atoms with Gasteiger partial charge in [-0.25, -0.2) is 12.7 Å². The third-order valence-electron chi connectivity index (χ3n) is 1.99. The first-order valence-electron chi connectivity index (χ1n) is 4.20. The van der Waals surface area contributed by atoms with E-state index in [0.29, 0.717) is 12.3 Å². The van der Waals surface area contributed by atoms with Crippen LogP contribution in [0, 0.1) is 0 Å². The molecule has 12 heavy (non-hydrogen) atoms. The van der Waals surface area contributed by atoms with Crippen LogP contribution in [0.1, 0.15) is 19.3 Å². The monoisotopic (exact) mass is 255 g/mol. The molecule has 0 N–H and O–H groups in total. The molecule has 3 nitrogen and oxygen atoms in total.